The Labute approximate surface area is 124 Å². The molecule has 0 radical (unpaired) electrons. The van der Waals surface area contributed by atoms with Gasteiger partial charge in [-0.25, -0.2) is 0 Å². The number of halogens is 2. The van der Waals surface area contributed by atoms with Crippen LogP contribution < -0.4 is 4.74 Å². The second kappa shape index (κ2) is 6.39. The quantitative estimate of drug-likeness (QED) is 0.661. The molecule has 0 aromatic heterocycles. The Morgan fingerprint density at radius 2 is 1.78 bits per heavy atom. The van der Waals surface area contributed by atoms with E-state index in [-0.39, 0.29) is 4.83 Å². The molecular formula is C15H14Br2O. The van der Waals surface area contributed by atoms with Crippen LogP contribution >= 0.6 is 31.9 Å². The SMILES string of the molecule is CCOc1ccc(C(Br)c2ccccc2)cc1Br. The molecule has 0 saturated heterocycles. The molecule has 0 aliphatic carbocycles. The van der Waals surface area contributed by atoms with Crippen LogP contribution in [0.3, 0.4) is 0 Å². The van der Waals surface area contributed by atoms with Gasteiger partial charge in [-0.2, -0.15) is 0 Å². The highest BCUT2D eigenvalue weighted by Crippen LogP contribution is 2.35. The Morgan fingerprint density at radius 3 is 2.39 bits per heavy atom. The van der Waals surface area contributed by atoms with Crippen molar-refractivity contribution >= 4 is 31.9 Å². The summed E-state index contributed by atoms with van der Waals surface area (Å²) in [5.41, 5.74) is 2.45. The third kappa shape index (κ3) is 3.15. The summed E-state index contributed by atoms with van der Waals surface area (Å²) >= 11 is 7.27. The molecule has 2 rings (SSSR count). The maximum absolute atomic E-state index is 5.51. The van der Waals surface area contributed by atoms with Gasteiger partial charge in [0.1, 0.15) is 5.75 Å². The van der Waals surface area contributed by atoms with E-state index in [2.05, 4.69) is 56.1 Å². The summed E-state index contributed by atoms with van der Waals surface area (Å²) < 4.78 is 6.50. The van der Waals surface area contributed by atoms with E-state index < -0.39 is 0 Å². The van der Waals surface area contributed by atoms with Crippen LogP contribution in [0, 0.1) is 0 Å². The van der Waals surface area contributed by atoms with Gasteiger partial charge in [-0.05, 0) is 46.1 Å². The lowest BCUT2D eigenvalue weighted by Gasteiger charge is -2.13. The minimum atomic E-state index is 0.200. The lowest BCUT2D eigenvalue weighted by molar-refractivity contribution is 0.338. The maximum atomic E-state index is 5.51. The number of hydrogen-bond donors (Lipinski definition) is 0. The molecule has 0 fully saturated rings. The third-order valence-electron chi connectivity index (χ3n) is 2.64. The molecule has 0 bridgehead atoms. The number of benzene rings is 2. The lowest BCUT2D eigenvalue weighted by atomic mass is 10.0. The molecule has 0 N–H and O–H groups in total. The molecule has 0 saturated carbocycles. The van der Waals surface area contributed by atoms with Crippen molar-refractivity contribution in [1.29, 1.82) is 0 Å². The van der Waals surface area contributed by atoms with Crippen LogP contribution in [0.1, 0.15) is 22.9 Å². The van der Waals surface area contributed by atoms with E-state index in [4.69, 9.17) is 4.74 Å². The van der Waals surface area contributed by atoms with Crippen molar-refractivity contribution in [3.05, 3.63) is 64.1 Å². The molecule has 1 unspecified atom stereocenters. The summed E-state index contributed by atoms with van der Waals surface area (Å²) in [5.74, 6) is 0.883. The van der Waals surface area contributed by atoms with Crippen molar-refractivity contribution in [2.75, 3.05) is 6.61 Å². The van der Waals surface area contributed by atoms with Crippen LogP contribution in [0.2, 0.25) is 0 Å². The van der Waals surface area contributed by atoms with E-state index in [0.717, 1.165) is 10.2 Å². The highest BCUT2D eigenvalue weighted by Gasteiger charge is 2.11. The molecule has 0 aliphatic rings. The number of ether oxygens (including phenoxy) is 1. The number of alkyl halides is 1. The standard InChI is InChI=1S/C15H14Br2O/c1-2-18-14-9-8-12(10-13(14)16)15(17)11-6-4-3-5-7-11/h3-10,15H,2H2,1H3. The van der Waals surface area contributed by atoms with Gasteiger partial charge in [0, 0.05) is 0 Å². The summed E-state index contributed by atoms with van der Waals surface area (Å²) in [6, 6.07) is 16.5. The van der Waals surface area contributed by atoms with E-state index in [1.165, 1.54) is 11.1 Å². The first kappa shape index (κ1) is 13.6. The van der Waals surface area contributed by atoms with Crippen molar-refractivity contribution in [2.24, 2.45) is 0 Å². The van der Waals surface area contributed by atoms with E-state index in [0.29, 0.717) is 6.61 Å². The summed E-state index contributed by atoms with van der Waals surface area (Å²) in [4.78, 5) is 0.200. The Bertz CT molecular complexity index is 511. The molecule has 2 aromatic carbocycles. The van der Waals surface area contributed by atoms with E-state index in [1.807, 2.05) is 31.2 Å². The molecule has 0 heterocycles. The predicted octanol–water partition coefficient (Wildman–Crippen LogP) is 5.33. The zero-order valence-electron chi connectivity index (χ0n) is 10.1. The summed E-state index contributed by atoms with van der Waals surface area (Å²) in [5, 5.41) is 0. The van der Waals surface area contributed by atoms with Crippen molar-refractivity contribution in [3.8, 4) is 5.75 Å². The zero-order valence-corrected chi connectivity index (χ0v) is 13.2. The van der Waals surface area contributed by atoms with Gasteiger partial charge in [0.25, 0.3) is 0 Å². The zero-order chi connectivity index (χ0) is 13.0. The Morgan fingerprint density at radius 1 is 1.06 bits per heavy atom. The fourth-order valence-corrected chi connectivity index (χ4v) is 2.86. The monoisotopic (exact) mass is 368 g/mol. The van der Waals surface area contributed by atoms with Crippen LogP contribution in [0.4, 0.5) is 0 Å². The summed E-state index contributed by atoms with van der Waals surface area (Å²) in [6.45, 7) is 2.66. The molecule has 18 heavy (non-hydrogen) atoms. The van der Waals surface area contributed by atoms with Gasteiger partial charge >= 0.3 is 0 Å². The molecule has 0 amide bonds. The van der Waals surface area contributed by atoms with Crippen molar-refractivity contribution in [2.45, 2.75) is 11.8 Å². The average Bonchev–Trinajstić information content (AvgIpc) is 2.41. The Kier molecular flexibility index (Phi) is 4.84. The molecule has 94 valence electrons. The molecule has 1 atom stereocenters. The number of hydrogen-bond acceptors (Lipinski definition) is 1. The predicted molar refractivity (Wildman–Crippen MR) is 82.5 cm³/mol. The van der Waals surface area contributed by atoms with Crippen molar-refractivity contribution < 1.29 is 4.74 Å². The van der Waals surface area contributed by atoms with Crippen molar-refractivity contribution in [3.63, 3.8) is 0 Å². The highest BCUT2D eigenvalue weighted by molar-refractivity contribution is 9.10. The Hall–Kier alpha value is -0.800. The largest absolute Gasteiger partial charge is 0.493 e. The minimum Gasteiger partial charge on any atom is -0.493 e. The molecule has 0 spiro atoms. The molecule has 2 aromatic rings. The smallest absolute Gasteiger partial charge is 0.133 e. The number of rotatable bonds is 4. The molecular weight excluding hydrogens is 356 g/mol. The summed E-state index contributed by atoms with van der Waals surface area (Å²) in [7, 11) is 0. The van der Waals surface area contributed by atoms with E-state index in [1.54, 1.807) is 0 Å². The first-order valence-corrected chi connectivity index (χ1v) is 7.54. The van der Waals surface area contributed by atoms with E-state index >= 15 is 0 Å². The fraction of sp³-hybridized carbons (Fsp3) is 0.200. The molecule has 0 aliphatic heterocycles. The molecule has 1 nitrogen and oxygen atoms in total. The molecule has 3 heteroatoms. The van der Waals surface area contributed by atoms with E-state index in [9.17, 15) is 0 Å². The maximum Gasteiger partial charge on any atom is 0.133 e. The summed E-state index contributed by atoms with van der Waals surface area (Å²) in [6.07, 6.45) is 0. The minimum absolute atomic E-state index is 0.200. The van der Waals surface area contributed by atoms with Crippen molar-refractivity contribution in [1.82, 2.24) is 0 Å². The van der Waals surface area contributed by atoms with Crippen LogP contribution in [0.15, 0.2) is 53.0 Å². The second-order valence-corrected chi connectivity index (χ2v) is 5.67. The van der Waals surface area contributed by atoms with Crippen LogP contribution in [-0.2, 0) is 0 Å². The fourth-order valence-electron chi connectivity index (χ4n) is 1.76. The third-order valence-corrected chi connectivity index (χ3v) is 4.32. The van der Waals surface area contributed by atoms with Gasteiger partial charge in [-0.3, -0.25) is 0 Å². The van der Waals surface area contributed by atoms with Crippen LogP contribution in [0.5, 0.6) is 5.75 Å². The second-order valence-electron chi connectivity index (χ2n) is 3.90. The highest BCUT2D eigenvalue weighted by atomic mass is 79.9. The van der Waals surface area contributed by atoms with Gasteiger partial charge in [0.05, 0.1) is 15.9 Å². The average molecular weight is 370 g/mol. The van der Waals surface area contributed by atoms with Gasteiger partial charge in [-0.15, -0.1) is 0 Å². The van der Waals surface area contributed by atoms with Crippen LogP contribution in [-0.4, -0.2) is 6.61 Å². The van der Waals surface area contributed by atoms with Gasteiger partial charge in [0.15, 0.2) is 0 Å². The van der Waals surface area contributed by atoms with Gasteiger partial charge < -0.3 is 4.74 Å². The van der Waals surface area contributed by atoms with Crippen LogP contribution in [0.25, 0.3) is 0 Å². The first-order valence-electron chi connectivity index (χ1n) is 5.83. The topological polar surface area (TPSA) is 9.23 Å². The lowest BCUT2D eigenvalue weighted by Crippen LogP contribution is -1.96. The van der Waals surface area contributed by atoms with Gasteiger partial charge in [-0.1, -0.05) is 52.3 Å². The van der Waals surface area contributed by atoms with Gasteiger partial charge in [0.2, 0.25) is 0 Å². The Balaban J connectivity index is 2.26. The first-order chi connectivity index (χ1) is 8.72. The normalized spacial score (nSPS) is 12.2.